The van der Waals surface area contributed by atoms with Gasteiger partial charge < -0.3 is 10.6 Å². The lowest BCUT2D eigenvalue weighted by atomic mass is 9.97. The minimum atomic E-state index is -0.804. The summed E-state index contributed by atoms with van der Waals surface area (Å²) >= 11 is 0. The molecule has 1 fully saturated rings. The first kappa shape index (κ1) is 13.4. The lowest BCUT2D eigenvalue weighted by Crippen LogP contribution is -2.28. The Morgan fingerprint density at radius 1 is 1.53 bits per heavy atom. The van der Waals surface area contributed by atoms with Gasteiger partial charge in [0.25, 0.3) is 5.69 Å². The summed E-state index contributed by atoms with van der Waals surface area (Å²) in [4.78, 5) is 22.1. The zero-order chi connectivity index (χ0) is 14.0. The van der Waals surface area contributed by atoms with E-state index in [0.717, 1.165) is 12.1 Å². The number of nitro benzene ring substituents is 1. The molecule has 6 nitrogen and oxygen atoms in total. The summed E-state index contributed by atoms with van der Waals surface area (Å²) < 4.78 is 13.6. The van der Waals surface area contributed by atoms with Gasteiger partial charge in [-0.1, -0.05) is 13.0 Å². The van der Waals surface area contributed by atoms with E-state index in [1.54, 1.807) is 0 Å². The molecule has 1 saturated heterocycles. The summed E-state index contributed by atoms with van der Waals surface area (Å²) in [7, 11) is 0. The third-order valence-corrected chi connectivity index (χ3v) is 3.29. The maximum atomic E-state index is 13.6. The number of hydrogen-bond acceptors (Lipinski definition) is 4. The first-order valence-electron chi connectivity index (χ1n) is 5.95. The van der Waals surface area contributed by atoms with Crippen LogP contribution in [0.1, 0.15) is 6.92 Å². The fourth-order valence-electron chi connectivity index (χ4n) is 2.17. The second-order valence-electron chi connectivity index (χ2n) is 4.62. The second kappa shape index (κ2) is 5.31. The van der Waals surface area contributed by atoms with Crippen molar-refractivity contribution >= 4 is 17.3 Å². The lowest BCUT2D eigenvalue weighted by Gasteiger charge is -2.14. The highest BCUT2D eigenvalue weighted by molar-refractivity contribution is 5.95. The van der Waals surface area contributed by atoms with Crippen molar-refractivity contribution in [1.82, 2.24) is 5.32 Å². The van der Waals surface area contributed by atoms with Gasteiger partial charge in [0.2, 0.25) is 5.91 Å². The number of nitro groups is 1. The smallest absolute Gasteiger partial charge is 0.295 e. The molecular weight excluding hydrogens is 253 g/mol. The maximum Gasteiger partial charge on any atom is 0.295 e. The van der Waals surface area contributed by atoms with E-state index in [2.05, 4.69) is 10.6 Å². The Balaban J connectivity index is 2.23. The molecule has 0 radical (unpaired) electrons. The Morgan fingerprint density at radius 2 is 2.26 bits per heavy atom. The summed E-state index contributed by atoms with van der Waals surface area (Å²) in [6.07, 6.45) is 0. The quantitative estimate of drug-likeness (QED) is 0.642. The van der Waals surface area contributed by atoms with E-state index in [9.17, 15) is 19.3 Å². The van der Waals surface area contributed by atoms with Crippen LogP contribution in [0, 0.1) is 27.8 Å². The van der Waals surface area contributed by atoms with Crippen molar-refractivity contribution in [2.75, 3.05) is 18.4 Å². The van der Waals surface area contributed by atoms with Gasteiger partial charge in [-0.3, -0.25) is 14.9 Å². The topological polar surface area (TPSA) is 84.3 Å². The fourth-order valence-corrected chi connectivity index (χ4v) is 2.17. The molecule has 0 saturated carbocycles. The Bertz CT molecular complexity index is 521. The number of carbonyl (C=O) groups excluding carboxylic acids is 1. The van der Waals surface area contributed by atoms with Gasteiger partial charge in [-0.25, -0.2) is 4.39 Å². The zero-order valence-corrected chi connectivity index (χ0v) is 10.4. The van der Waals surface area contributed by atoms with Crippen LogP contribution in [0.4, 0.5) is 15.8 Å². The number of benzene rings is 1. The molecular formula is C12H14FN3O3. The number of nitrogens with zero attached hydrogens (tertiary/aromatic N) is 1. The minimum Gasteiger partial charge on any atom is -0.318 e. The number of hydrogen-bond donors (Lipinski definition) is 2. The van der Waals surface area contributed by atoms with Crippen molar-refractivity contribution in [3.05, 3.63) is 34.1 Å². The average Bonchev–Trinajstić information content (AvgIpc) is 2.77. The largest absolute Gasteiger partial charge is 0.318 e. The molecule has 2 N–H and O–H groups in total. The normalized spacial score (nSPS) is 22.2. The highest BCUT2D eigenvalue weighted by Crippen LogP contribution is 2.28. The van der Waals surface area contributed by atoms with Gasteiger partial charge in [0.05, 0.1) is 10.8 Å². The van der Waals surface area contributed by atoms with Gasteiger partial charge in [0.15, 0.2) is 11.5 Å². The van der Waals surface area contributed by atoms with Crippen molar-refractivity contribution in [2.45, 2.75) is 6.92 Å². The molecule has 0 aromatic heterocycles. The molecule has 1 amide bonds. The Morgan fingerprint density at radius 3 is 2.84 bits per heavy atom. The summed E-state index contributed by atoms with van der Waals surface area (Å²) in [5, 5.41) is 16.2. The number of anilines is 1. The van der Waals surface area contributed by atoms with Crippen LogP contribution >= 0.6 is 0 Å². The predicted octanol–water partition coefficient (Wildman–Crippen LogP) is 1.53. The molecule has 2 rings (SSSR count). The predicted molar refractivity (Wildman–Crippen MR) is 67.2 cm³/mol. The standard InChI is InChI=1S/C12H14FN3O3/c1-7-5-14-6-8(7)12(17)15-11-9(13)3-2-4-10(11)16(18)19/h2-4,7-8,14H,5-6H2,1H3,(H,15,17)/t7-,8-/m1/s1. The fraction of sp³-hybridized carbons (Fsp3) is 0.417. The number of rotatable bonds is 3. The first-order valence-corrected chi connectivity index (χ1v) is 5.95. The Hall–Kier alpha value is -2.02. The van der Waals surface area contributed by atoms with Crippen LogP contribution in [-0.2, 0) is 4.79 Å². The van der Waals surface area contributed by atoms with Crippen LogP contribution in [-0.4, -0.2) is 23.9 Å². The highest BCUT2D eigenvalue weighted by Gasteiger charge is 2.31. The average molecular weight is 267 g/mol. The van der Waals surface area contributed by atoms with E-state index in [1.165, 1.54) is 6.07 Å². The highest BCUT2D eigenvalue weighted by atomic mass is 19.1. The molecule has 1 aromatic carbocycles. The molecule has 0 unspecified atom stereocenters. The number of para-hydroxylation sites is 1. The van der Waals surface area contributed by atoms with Crippen LogP contribution in [0.15, 0.2) is 18.2 Å². The van der Waals surface area contributed by atoms with Gasteiger partial charge in [0.1, 0.15) is 0 Å². The van der Waals surface area contributed by atoms with Crippen molar-refractivity contribution < 1.29 is 14.1 Å². The molecule has 2 atom stereocenters. The van der Waals surface area contributed by atoms with Gasteiger partial charge in [-0.2, -0.15) is 0 Å². The van der Waals surface area contributed by atoms with Crippen molar-refractivity contribution in [3.63, 3.8) is 0 Å². The molecule has 0 bridgehead atoms. The van der Waals surface area contributed by atoms with Gasteiger partial charge >= 0.3 is 0 Å². The van der Waals surface area contributed by atoms with Crippen molar-refractivity contribution in [3.8, 4) is 0 Å². The number of carbonyl (C=O) groups is 1. The van der Waals surface area contributed by atoms with Gasteiger partial charge in [-0.15, -0.1) is 0 Å². The van der Waals surface area contributed by atoms with E-state index in [4.69, 9.17) is 0 Å². The molecule has 0 spiro atoms. The van der Waals surface area contributed by atoms with Crippen LogP contribution < -0.4 is 10.6 Å². The number of nitrogens with one attached hydrogen (secondary N) is 2. The summed E-state index contributed by atoms with van der Waals surface area (Å²) in [6, 6.07) is 3.48. The number of amides is 1. The van der Waals surface area contributed by atoms with E-state index >= 15 is 0 Å². The summed E-state index contributed by atoms with van der Waals surface area (Å²) in [5.41, 5.74) is -0.802. The minimum absolute atomic E-state index is 0.117. The van der Waals surface area contributed by atoms with Crippen LogP contribution in [0.25, 0.3) is 0 Å². The second-order valence-corrected chi connectivity index (χ2v) is 4.62. The third-order valence-electron chi connectivity index (χ3n) is 3.29. The molecule has 102 valence electrons. The summed E-state index contributed by atoms with van der Waals surface area (Å²) in [6.45, 7) is 3.10. The number of halogens is 1. The van der Waals surface area contributed by atoms with E-state index in [0.29, 0.717) is 13.1 Å². The van der Waals surface area contributed by atoms with Crippen LogP contribution in [0.3, 0.4) is 0 Å². The monoisotopic (exact) mass is 267 g/mol. The molecule has 19 heavy (non-hydrogen) atoms. The lowest BCUT2D eigenvalue weighted by molar-refractivity contribution is -0.384. The van der Waals surface area contributed by atoms with E-state index in [1.807, 2.05) is 6.92 Å². The van der Waals surface area contributed by atoms with E-state index < -0.39 is 22.3 Å². The molecule has 1 heterocycles. The SMILES string of the molecule is C[C@@H]1CNC[C@H]1C(=O)Nc1c(F)cccc1[N+](=O)[O-]. The zero-order valence-electron chi connectivity index (χ0n) is 10.4. The van der Waals surface area contributed by atoms with E-state index in [-0.39, 0.29) is 17.5 Å². The third kappa shape index (κ3) is 2.70. The maximum absolute atomic E-state index is 13.6. The molecule has 7 heteroatoms. The molecule has 1 aromatic rings. The van der Waals surface area contributed by atoms with Gasteiger partial charge in [-0.05, 0) is 18.5 Å². The van der Waals surface area contributed by atoms with Gasteiger partial charge in [0, 0.05) is 12.6 Å². The molecule has 1 aliphatic rings. The Labute approximate surface area is 109 Å². The molecule has 1 aliphatic heterocycles. The van der Waals surface area contributed by atoms with Crippen LogP contribution in [0.2, 0.25) is 0 Å². The first-order chi connectivity index (χ1) is 9.00. The van der Waals surface area contributed by atoms with Crippen molar-refractivity contribution in [1.29, 1.82) is 0 Å². The van der Waals surface area contributed by atoms with Crippen LogP contribution in [0.5, 0.6) is 0 Å². The Kier molecular flexibility index (Phi) is 3.75. The molecule has 0 aliphatic carbocycles. The summed E-state index contributed by atoms with van der Waals surface area (Å²) in [5.74, 6) is -1.39. The van der Waals surface area contributed by atoms with Crippen molar-refractivity contribution in [2.24, 2.45) is 11.8 Å².